The van der Waals surface area contributed by atoms with E-state index in [0.717, 1.165) is 24.5 Å². The van der Waals surface area contributed by atoms with Crippen LogP contribution < -0.4 is 19.7 Å². The Bertz CT molecular complexity index is 677. The van der Waals surface area contributed by atoms with Crippen LogP contribution in [0.5, 0.6) is 11.5 Å². The maximum absolute atomic E-state index is 12.0. The van der Waals surface area contributed by atoms with Crippen molar-refractivity contribution in [1.82, 2.24) is 0 Å². The summed E-state index contributed by atoms with van der Waals surface area (Å²) in [6.07, 6.45) is 2.50. The molecule has 0 radical (unpaired) electrons. The first-order valence-corrected chi connectivity index (χ1v) is 8.75. The number of carbonyl (C=O) groups excluding carboxylic acids is 1. The smallest absolute Gasteiger partial charge is 0.262 e. The predicted molar refractivity (Wildman–Crippen MR) is 99.6 cm³/mol. The van der Waals surface area contributed by atoms with Gasteiger partial charge in [-0.15, -0.1) is 0 Å². The van der Waals surface area contributed by atoms with Crippen LogP contribution in [-0.4, -0.2) is 32.2 Å². The summed E-state index contributed by atoms with van der Waals surface area (Å²) in [6, 6.07) is 15.2. The van der Waals surface area contributed by atoms with Gasteiger partial charge in [0.15, 0.2) is 6.61 Å². The third-order valence-electron chi connectivity index (χ3n) is 4.13. The Kier molecular flexibility index (Phi) is 5.77. The van der Waals surface area contributed by atoms with Gasteiger partial charge < -0.3 is 19.7 Å². The molecular weight excluding hydrogens is 316 g/mol. The Balaban J connectivity index is 1.47. The molecule has 0 saturated carbocycles. The highest BCUT2D eigenvalue weighted by Crippen LogP contribution is 2.22. The fraction of sp³-hybridized carbons (Fsp3) is 0.350. The van der Waals surface area contributed by atoms with Gasteiger partial charge in [-0.2, -0.15) is 0 Å². The Hall–Kier alpha value is -2.69. The molecule has 0 unspecified atom stereocenters. The van der Waals surface area contributed by atoms with Crippen molar-refractivity contribution in [1.29, 1.82) is 0 Å². The van der Waals surface area contributed by atoms with Crippen LogP contribution in [0.2, 0.25) is 0 Å². The maximum Gasteiger partial charge on any atom is 0.262 e. The van der Waals surface area contributed by atoms with Crippen LogP contribution in [0.15, 0.2) is 48.5 Å². The van der Waals surface area contributed by atoms with Crippen LogP contribution in [0.4, 0.5) is 11.4 Å². The van der Waals surface area contributed by atoms with Gasteiger partial charge in [-0.1, -0.05) is 0 Å². The molecule has 1 saturated heterocycles. The summed E-state index contributed by atoms with van der Waals surface area (Å²) in [5, 5.41) is 2.85. The molecule has 1 fully saturated rings. The topological polar surface area (TPSA) is 50.8 Å². The molecule has 0 bridgehead atoms. The van der Waals surface area contributed by atoms with E-state index in [9.17, 15) is 4.79 Å². The number of nitrogens with zero attached hydrogens (tertiary/aromatic N) is 1. The molecule has 0 aliphatic carbocycles. The molecule has 2 aromatic carbocycles. The van der Waals surface area contributed by atoms with Gasteiger partial charge in [0.1, 0.15) is 11.5 Å². The molecule has 1 heterocycles. The average Bonchev–Trinajstić information content (AvgIpc) is 3.17. The van der Waals surface area contributed by atoms with Crippen LogP contribution >= 0.6 is 0 Å². The second kappa shape index (κ2) is 8.42. The van der Waals surface area contributed by atoms with E-state index in [2.05, 4.69) is 10.2 Å². The van der Waals surface area contributed by atoms with Gasteiger partial charge in [-0.25, -0.2) is 0 Å². The second-order valence-corrected chi connectivity index (χ2v) is 5.98. The average molecular weight is 340 g/mol. The van der Waals surface area contributed by atoms with Gasteiger partial charge >= 0.3 is 0 Å². The van der Waals surface area contributed by atoms with Crippen molar-refractivity contribution in [2.45, 2.75) is 19.8 Å². The van der Waals surface area contributed by atoms with Gasteiger partial charge in [0.2, 0.25) is 0 Å². The quantitative estimate of drug-likeness (QED) is 0.835. The monoisotopic (exact) mass is 340 g/mol. The molecule has 1 amide bonds. The van der Waals surface area contributed by atoms with E-state index in [1.54, 1.807) is 12.1 Å². The van der Waals surface area contributed by atoms with Gasteiger partial charge in [-0.3, -0.25) is 4.79 Å². The van der Waals surface area contributed by atoms with E-state index in [1.807, 2.05) is 43.3 Å². The van der Waals surface area contributed by atoms with Crippen molar-refractivity contribution in [3.05, 3.63) is 48.5 Å². The summed E-state index contributed by atoms with van der Waals surface area (Å²) < 4.78 is 10.9. The number of benzene rings is 2. The molecule has 5 nitrogen and oxygen atoms in total. The number of hydrogen-bond acceptors (Lipinski definition) is 4. The van der Waals surface area contributed by atoms with E-state index in [1.165, 1.54) is 18.5 Å². The Labute approximate surface area is 148 Å². The van der Waals surface area contributed by atoms with Crippen molar-refractivity contribution in [3.63, 3.8) is 0 Å². The van der Waals surface area contributed by atoms with Gasteiger partial charge in [0, 0.05) is 24.5 Å². The molecule has 0 spiro atoms. The number of nitrogens with one attached hydrogen (secondary N) is 1. The van der Waals surface area contributed by atoms with E-state index in [-0.39, 0.29) is 12.5 Å². The zero-order valence-electron chi connectivity index (χ0n) is 14.5. The standard InChI is InChI=1S/C20H24N2O3/c1-2-24-18-9-11-19(12-10-18)25-15-20(23)21-16-5-7-17(8-6-16)22-13-3-4-14-22/h5-12H,2-4,13-15H2,1H3,(H,21,23). The minimum absolute atomic E-state index is 0.0259. The number of anilines is 2. The highest BCUT2D eigenvalue weighted by Gasteiger charge is 2.12. The maximum atomic E-state index is 12.0. The zero-order valence-corrected chi connectivity index (χ0v) is 14.5. The molecule has 1 aliphatic heterocycles. The Morgan fingerprint density at radius 2 is 1.56 bits per heavy atom. The highest BCUT2D eigenvalue weighted by molar-refractivity contribution is 5.92. The predicted octanol–water partition coefficient (Wildman–Crippen LogP) is 3.70. The molecule has 1 aliphatic rings. The summed E-state index contributed by atoms with van der Waals surface area (Å²) in [7, 11) is 0. The van der Waals surface area contributed by atoms with E-state index < -0.39 is 0 Å². The first-order chi connectivity index (χ1) is 12.2. The van der Waals surface area contributed by atoms with Crippen molar-refractivity contribution in [2.24, 2.45) is 0 Å². The number of ether oxygens (including phenoxy) is 2. The third-order valence-corrected chi connectivity index (χ3v) is 4.13. The minimum atomic E-state index is -0.178. The third kappa shape index (κ3) is 4.89. The first-order valence-electron chi connectivity index (χ1n) is 8.75. The van der Waals surface area contributed by atoms with Crippen LogP contribution in [0.1, 0.15) is 19.8 Å². The SMILES string of the molecule is CCOc1ccc(OCC(=O)Nc2ccc(N3CCCC3)cc2)cc1. The summed E-state index contributed by atoms with van der Waals surface area (Å²) in [5.74, 6) is 1.25. The number of hydrogen-bond donors (Lipinski definition) is 1. The number of amides is 1. The van der Waals surface area contributed by atoms with Crippen molar-refractivity contribution in [3.8, 4) is 11.5 Å². The summed E-state index contributed by atoms with van der Waals surface area (Å²) in [5.41, 5.74) is 1.99. The van der Waals surface area contributed by atoms with Crippen molar-refractivity contribution >= 4 is 17.3 Å². The van der Waals surface area contributed by atoms with E-state index in [0.29, 0.717) is 12.4 Å². The lowest BCUT2D eigenvalue weighted by Crippen LogP contribution is -2.20. The van der Waals surface area contributed by atoms with Crippen LogP contribution in [0.3, 0.4) is 0 Å². The number of carbonyl (C=O) groups is 1. The molecule has 132 valence electrons. The van der Waals surface area contributed by atoms with Crippen molar-refractivity contribution < 1.29 is 14.3 Å². The normalized spacial score (nSPS) is 13.6. The largest absolute Gasteiger partial charge is 0.494 e. The van der Waals surface area contributed by atoms with E-state index >= 15 is 0 Å². The lowest BCUT2D eigenvalue weighted by atomic mass is 10.2. The lowest BCUT2D eigenvalue weighted by molar-refractivity contribution is -0.118. The summed E-state index contributed by atoms with van der Waals surface area (Å²) in [4.78, 5) is 14.4. The Morgan fingerprint density at radius 3 is 2.16 bits per heavy atom. The van der Waals surface area contributed by atoms with E-state index in [4.69, 9.17) is 9.47 Å². The highest BCUT2D eigenvalue weighted by atomic mass is 16.5. The summed E-state index contributed by atoms with van der Waals surface area (Å²) >= 11 is 0. The molecule has 0 atom stereocenters. The van der Waals surface area contributed by atoms with Crippen LogP contribution in [0, 0.1) is 0 Å². The van der Waals surface area contributed by atoms with Crippen LogP contribution in [-0.2, 0) is 4.79 Å². The molecule has 0 aromatic heterocycles. The zero-order chi connectivity index (χ0) is 17.5. The van der Waals surface area contributed by atoms with Gasteiger partial charge in [0.05, 0.1) is 6.61 Å². The van der Waals surface area contributed by atoms with Gasteiger partial charge in [0.25, 0.3) is 5.91 Å². The lowest BCUT2D eigenvalue weighted by Gasteiger charge is -2.17. The molecule has 5 heteroatoms. The van der Waals surface area contributed by atoms with Crippen molar-refractivity contribution in [2.75, 3.05) is 36.5 Å². The molecule has 3 rings (SSSR count). The molecule has 1 N–H and O–H groups in total. The number of rotatable bonds is 7. The fourth-order valence-corrected chi connectivity index (χ4v) is 2.88. The fourth-order valence-electron chi connectivity index (χ4n) is 2.88. The molecule has 2 aromatic rings. The van der Waals surface area contributed by atoms with Crippen LogP contribution in [0.25, 0.3) is 0 Å². The second-order valence-electron chi connectivity index (χ2n) is 5.98. The van der Waals surface area contributed by atoms with Gasteiger partial charge in [-0.05, 0) is 68.3 Å². The Morgan fingerprint density at radius 1 is 0.960 bits per heavy atom. The minimum Gasteiger partial charge on any atom is -0.494 e. The summed E-state index contributed by atoms with van der Waals surface area (Å²) in [6.45, 7) is 4.76. The first kappa shape index (κ1) is 17.1. The molecule has 25 heavy (non-hydrogen) atoms. The molecular formula is C20H24N2O3.